The molecule has 2 saturated heterocycles. The third-order valence-electron chi connectivity index (χ3n) is 4.79. The number of rotatable bonds is 3. The number of alkyl halides is 3. The molecule has 2 aliphatic rings. The van der Waals surface area contributed by atoms with Gasteiger partial charge in [0.2, 0.25) is 0 Å². The van der Waals surface area contributed by atoms with E-state index in [0.29, 0.717) is 30.2 Å². The first kappa shape index (κ1) is 16.1. The number of nitrogens with one attached hydrogen (secondary N) is 1. The molecule has 1 aromatic carbocycles. The van der Waals surface area contributed by atoms with Crippen molar-refractivity contribution in [2.45, 2.75) is 56.5 Å². The zero-order valence-corrected chi connectivity index (χ0v) is 13.2. The number of benzene rings is 1. The monoisotopic (exact) mass is 332 g/mol. The van der Waals surface area contributed by atoms with E-state index in [1.807, 2.05) is 7.05 Å². The largest absolute Gasteiger partial charge is 0.416 e. The Morgan fingerprint density at radius 3 is 2.41 bits per heavy atom. The van der Waals surface area contributed by atoms with E-state index in [1.54, 1.807) is 6.07 Å². The van der Waals surface area contributed by atoms with Gasteiger partial charge in [-0.15, -0.1) is 0 Å². The van der Waals surface area contributed by atoms with Crippen molar-refractivity contribution < 1.29 is 13.2 Å². The average Bonchev–Trinajstić information content (AvgIpc) is 2.75. The van der Waals surface area contributed by atoms with Crippen molar-refractivity contribution in [1.82, 2.24) is 10.2 Å². The molecule has 0 aliphatic carbocycles. The molecule has 2 unspecified atom stereocenters. The quantitative estimate of drug-likeness (QED) is 0.897. The molecule has 2 atom stereocenters. The fourth-order valence-corrected chi connectivity index (χ4v) is 3.97. The summed E-state index contributed by atoms with van der Waals surface area (Å²) in [6.07, 6.45) is 0.209. The molecule has 0 spiro atoms. The molecule has 1 N–H and O–H groups in total. The van der Waals surface area contributed by atoms with Crippen LogP contribution in [0, 0.1) is 0 Å². The van der Waals surface area contributed by atoms with Crippen LogP contribution in [0.2, 0.25) is 5.02 Å². The smallest absolute Gasteiger partial charge is 0.311 e. The van der Waals surface area contributed by atoms with Gasteiger partial charge in [0.15, 0.2) is 0 Å². The van der Waals surface area contributed by atoms with Gasteiger partial charge in [-0.05, 0) is 56.5 Å². The van der Waals surface area contributed by atoms with E-state index in [2.05, 4.69) is 10.2 Å². The van der Waals surface area contributed by atoms with Gasteiger partial charge in [-0.1, -0.05) is 11.6 Å². The summed E-state index contributed by atoms with van der Waals surface area (Å²) in [7, 11) is 1.99. The van der Waals surface area contributed by atoms with Crippen LogP contribution in [0.25, 0.3) is 0 Å². The Morgan fingerprint density at radius 2 is 1.82 bits per heavy atom. The second-order valence-electron chi connectivity index (χ2n) is 6.52. The molecule has 1 aromatic rings. The molecule has 6 heteroatoms. The Labute approximate surface area is 133 Å². The molecule has 22 heavy (non-hydrogen) atoms. The van der Waals surface area contributed by atoms with Crippen LogP contribution < -0.4 is 5.32 Å². The highest BCUT2D eigenvalue weighted by atomic mass is 35.5. The van der Waals surface area contributed by atoms with Crippen molar-refractivity contribution >= 4 is 11.6 Å². The minimum absolute atomic E-state index is 0.142. The molecule has 2 aliphatic heterocycles. The van der Waals surface area contributed by atoms with Gasteiger partial charge in [-0.2, -0.15) is 13.2 Å². The zero-order valence-electron chi connectivity index (χ0n) is 12.5. The normalized spacial score (nSPS) is 28.4. The average molecular weight is 333 g/mol. The van der Waals surface area contributed by atoms with Gasteiger partial charge in [0.1, 0.15) is 0 Å². The van der Waals surface area contributed by atoms with Crippen molar-refractivity contribution in [3.8, 4) is 0 Å². The number of nitrogens with zero attached hydrogens (tertiary/aromatic N) is 1. The Hall–Kier alpha value is -0.780. The van der Waals surface area contributed by atoms with Gasteiger partial charge in [0.05, 0.1) is 5.56 Å². The van der Waals surface area contributed by atoms with E-state index >= 15 is 0 Å². The maximum atomic E-state index is 12.9. The summed E-state index contributed by atoms with van der Waals surface area (Å²) in [6, 6.07) is 5.37. The highest BCUT2D eigenvalue weighted by Crippen LogP contribution is 2.33. The number of fused-ring (bicyclic) bond motifs is 2. The van der Waals surface area contributed by atoms with Crippen molar-refractivity contribution in [2.24, 2.45) is 0 Å². The highest BCUT2D eigenvalue weighted by molar-refractivity contribution is 6.30. The summed E-state index contributed by atoms with van der Waals surface area (Å²) in [6.45, 7) is 0.494. The molecular weight excluding hydrogens is 313 g/mol. The highest BCUT2D eigenvalue weighted by Gasteiger charge is 2.35. The third kappa shape index (κ3) is 3.58. The molecular formula is C16H20ClF3N2. The van der Waals surface area contributed by atoms with Crippen LogP contribution in [0.1, 0.15) is 36.8 Å². The van der Waals surface area contributed by atoms with Gasteiger partial charge in [-0.3, -0.25) is 4.90 Å². The Morgan fingerprint density at radius 1 is 1.18 bits per heavy atom. The lowest BCUT2D eigenvalue weighted by molar-refractivity contribution is -0.137. The molecule has 2 fully saturated rings. The van der Waals surface area contributed by atoms with Crippen LogP contribution in [0.15, 0.2) is 18.2 Å². The lowest BCUT2D eigenvalue weighted by Crippen LogP contribution is -2.46. The second kappa shape index (κ2) is 6.02. The predicted molar refractivity (Wildman–Crippen MR) is 80.9 cm³/mol. The zero-order chi connectivity index (χ0) is 15.9. The van der Waals surface area contributed by atoms with Gasteiger partial charge in [-0.25, -0.2) is 0 Å². The Balaban J connectivity index is 1.71. The first-order valence-corrected chi connectivity index (χ1v) is 8.02. The molecule has 3 rings (SSSR count). The summed E-state index contributed by atoms with van der Waals surface area (Å²) >= 11 is 5.85. The number of halogens is 4. The lowest BCUT2D eigenvalue weighted by Gasteiger charge is -2.35. The van der Waals surface area contributed by atoms with Crippen LogP contribution in [-0.4, -0.2) is 30.1 Å². The lowest BCUT2D eigenvalue weighted by atomic mass is 9.98. The minimum Gasteiger partial charge on any atom is -0.311 e. The standard InChI is InChI=1S/C16H20ClF3N2/c1-22(15-7-13-2-3-14(8-15)21-13)9-10-4-11(16(18,19)20)6-12(17)5-10/h4-6,13-15,21H,2-3,7-9H2,1H3. The van der Waals surface area contributed by atoms with E-state index in [-0.39, 0.29) is 5.02 Å². The molecule has 0 radical (unpaired) electrons. The molecule has 0 aromatic heterocycles. The fourth-order valence-electron chi connectivity index (χ4n) is 3.71. The SMILES string of the molecule is CN(Cc1cc(Cl)cc(C(F)(F)F)c1)C1CC2CCC(C1)N2. The van der Waals surface area contributed by atoms with Crippen molar-refractivity contribution in [1.29, 1.82) is 0 Å². The molecule has 2 heterocycles. The summed E-state index contributed by atoms with van der Waals surface area (Å²) in [4.78, 5) is 2.16. The van der Waals surface area contributed by atoms with E-state index in [0.717, 1.165) is 18.9 Å². The molecule has 2 bridgehead atoms. The van der Waals surface area contributed by atoms with Crippen LogP contribution in [-0.2, 0) is 12.7 Å². The van der Waals surface area contributed by atoms with Crippen LogP contribution in [0.4, 0.5) is 13.2 Å². The topological polar surface area (TPSA) is 15.3 Å². The molecule has 0 amide bonds. The maximum absolute atomic E-state index is 12.9. The van der Waals surface area contributed by atoms with Gasteiger partial charge in [0.25, 0.3) is 0 Å². The summed E-state index contributed by atoms with van der Waals surface area (Å²) in [5.74, 6) is 0. The number of piperidine rings is 1. The number of hydrogen-bond donors (Lipinski definition) is 1. The third-order valence-corrected chi connectivity index (χ3v) is 5.01. The van der Waals surface area contributed by atoms with E-state index < -0.39 is 11.7 Å². The summed E-state index contributed by atoms with van der Waals surface area (Å²) in [5, 5.41) is 3.72. The minimum atomic E-state index is -4.36. The van der Waals surface area contributed by atoms with Crippen LogP contribution in [0.3, 0.4) is 0 Å². The summed E-state index contributed by atoms with van der Waals surface area (Å²) in [5.41, 5.74) is -0.0537. The van der Waals surface area contributed by atoms with E-state index in [9.17, 15) is 13.2 Å². The molecule has 0 saturated carbocycles. The van der Waals surface area contributed by atoms with E-state index in [1.165, 1.54) is 18.9 Å². The Bertz CT molecular complexity index is 535. The van der Waals surface area contributed by atoms with Crippen molar-refractivity contribution in [3.63, 3.8) is 0 Å². The van der Waals surface area contributed by atoms with Crippen molar-refractivity contribution in [2.75, 3.05) is 7.05 Å². The van der Waals surface area contributed by atoms with Gasteiger partial charge < -0.3 is 5.32 Å². The fraction of sp³-hybridized carbons (Fsp3) is 0.625. The maximum Gasteiger partial charge on any atom is 0.416 e. The van der Waals surface area contributed by atoms with E-state index in [4.69, 9.17) is 11.6 Å². The Kier molecular flexibility index (Phi) is 4.40. The molecule has 122 valence electrons. The second-order valence-corrected chi connectivity index (χ2v) is 6.96. The van der Waals surface area contributed by atoms with Crippen molar-refractivity contribution in [3.05, 3.63) is 34.3 Å². The van der Waals surface area contributed by atoms with Crippen LogP contribution >= 0.6 is 11.6 Å². The number of hydrogen-bond acceptors (Lipinski definition) is 2. The van der Waals surface area contributed by atoms with Gasteiger partial charge >= 0.3 is 6.18 Å². The van der Waals surface area contributed by atoms with Gasteiger partial charge in [0, 0.05) is 29.7 Å². The first-order valence-electron chi connectivity index (χ1n) is 7.64. The summed E-state index contributed by atoms with van der Waals surface area (Å²) < 4.78 is 38.6. The predicted octanol–water partition coefficient (Wildman–Crippen LogP) is 4.07. The van der Waals surface area contributed by atoms with Crippen LogP contribution in [0.5, 0.6) is 0 Å². The molecule has 2 nitrogen and oxygen atoms in total. The first-order chi connectivity index (χ1) is 10.3.